The molecule has 1 aromatic rings. The largest absolute Gasteiger partial charge is 0.471 e. The molecule has 2 amide bonds. The first kappa shape index (κ1) is 22.5. The number of amides is 2. The summed E-state index contributed by atoms with van der Waals surface area (Å²) in [4.78, 5) is 26.4. The monoisotopic (exact) mass is 456 g/mol. The highest BCUT2D eigenvalue weighted by molar-refractivity contribution is 7.90. The fourth-order valence-electron chi connectivity index (χ4n) is 3.07. The van der Waals surface area contributed by atoms with E-state index in [1.54, 1.807) is 17.2 Å². The van der Waals surface area contributed by atoms with Crippen LogP contribution in [0.4, 0.5) is 18.9 Å². The van der Waals surface area contributed by atoms with Gasteiger partial charge in [0.1, 0.15) is 0 Å². The molecule has 2 aliphatic rings. The number of carbonyl (C=O) groups excluding carboxylic acids is 2. The van der Waals surface area contributed by atoms with Crippen LogP contribution in [0.5, 0.6) is 0 Å². The van der Waals surface area contributed by atoms with E-state index in [0.29, 0.717) is 10.5 Å². The molecule has 0 spiro atoms. The molecule has 0 fully saturated rings. The van der Waals surface area contributed by atoms with E-state index in [0.717, 1.165) is 0 Å². The first-order valence-corrected chi connectivity index (χ1v) is 10.9. The second kappa shape index (κ2) is 8.53. The van der Waals surface area contributed by atoms with Gasteiger partial charge < -0.3 is 15.1 Å². The van der Waals surface area contributed by atoms with E-state index in [4.69, 9.17) is 0 Å². The Kier molecular flexibility index (Phi) is 6.20. The number of nitrogens with zero attached hydrogens (tertiary/aromatic N) is 3. The molecule has 0 unspecified atom stereocenters. The molecule has 1 N–H and O–H groups in total. The summed E-state index contributed by atoms with van der Waals surface area (Å²) in [5.41, 5.74) is 0.701. The van der Waals surface area contributed by atoms with Crippen LogP contribution < -0.4 is 5.32 Å². The summed E-state index contributed by atoms with van der Waals surface area (Å²) in [6.07, 6.45) is -0.349. The minimum absolute atomic E-state index is 0.00957. The van der Waals surface area contributed by atoms with Gasteiger partial charge >= 0.3 is 12.1 Å². The summed E-state index contributed by atoms with van der Waals surface area (Å²) in [6.45, 7) is 1.17. The summed E-state index contributed by atoms with van der Waals surface area (Å²) in [7, 11) is -3.67. The fraction of sp³-hybridized carbons (Fsp3) is 0.316. The number of carbonyl (C=O) groups is 2. The number of rotatable bonds is 5. The highest BCUT2D eigenvalue weighted by atomic mass is 32.2. The highest BCUT2D eigenvalue weighted by Crippen LogP contribution is 2.22. The van der Waals surface area contributed by atoms with Crippen LogP contribution in [0.3, 0.4) is 0 Å². The van der Waals surface area contributed by atoms with Gasteiger partial charge in [-0.15, -0.1) is 4.40 Å². The molecule has 0 saturated heterocycles. The number of allylic oxidation sites excluding steroid dienone is 2. The third-order valence-electron chi connectivity index (χ3n) is 4.57. The van der Waals surface area contributed by atoms with Crippen LogP contribution in [-0.2, 0) is 26.2 Å². The third kappa shape index (κ3) is 5.32. The van der Waals surface area contributed by atoms with Crippen molar-refractivity contribution in [1.29, 1.82) is 0 Å². The van der Waals surface area contributed by atoms with Gasteiger partial charge in [0.05, 0.1) is 11.3 Å². The number of alkyl halides is 3. The van der Waals surface area contributed by atoms with Crippen molar-refractivity contribution in [3.8, 4) is 0 Å². The molecule has 8 nitrogen and oxygen atoms in total. The van der Waals surface area contributed by atoms with Crippen LogP contribution in [0.2, 0.25) is 0 Å². The molecule has 3 rings (SSSR count). The smallest absolute Gasteiger partial charge is 0.331 e. The summed E-state index contributed by atoms with van der Waals surface area (Å²) in [5, 5.41) is 2.59. The molecule has 1 aromatic carbocycles. The molecule has 0 saturated carbocycles. The van der Waals surface area contributed by atoms with Gasteiger partial charge in [-0.1, -0.05) is 12.1 Å². The lowest BCUT2D eigenvalue weighted by atomic mass is 10.1. The molecule has 12 heteroatoms. The average Bonchev–Trinajstić information content (AvgIpc) is 2.70. The molecule has 2 heterocycles. The van der Waals surface area contributed by atoms with Crippen LogP contribution in [0.25, 0.3) is 0 Å². The molecule has 0 atom stereocenters. The highest BCUT2D eigenvalue weighted by Gasteiger charge is 2.42. The van der Waals surface area contributed by atoms with Crippen molar-refractivity contribution in [3.63, 3.8) is 0 Å². The Balaban J connectivity index is 1.77. The lowest BCUT2D eigenvalue weighted by Crippen LogP contribution is -2.41. The van der Waals surface area contributed by atoms with Gasteiger partial charge in [-0.3, -0.25) is 9.59 Å². The Bertz CT molecular complexity index is 1090. The van der Waals surface area contributed by atoms with Gasteiger partial charge in [-0.05, 0) is 36.8 Å². The third-order valence-corrected chi connectivity index (χ3v) is 5.72. The molecule has 0 bridgehead atoms. The van der Waals surface area contributed by atoms with E-state index in [1.807, 2.05) is 0 Å². The van der Waals surface area contributed by atoms with Crippen molar-refractivity contribution in [2.75, 3.05) is 24.2 Å². The Hall–Kier alpha value is -3.15. The van der Waals surface area contributed by atoms with Crippen molar-refractivity contribution < 1.29 is 31.2 Å². The normalized spacial score (nSPS) is 17.4. The maximum Gasteiger partial charge on any atom is 0.471 e. The van der Waals surface area contributed by atoms with Crippen LogP contribution in [-0.4, -0.2) is 60.9 Å². The molecule has 0 radical (unpaired) electrons. The van der Waals surface area contributed by atoms with E-state index >= 15 is 0 Å². The van der Waals surface area contributed by atoms with Crippen molar-refractivity contribution >= 4 is 33.4 Å². The van der Waals surface area contributed by atoms with Gasteiger partial charge in [0.25, 0.3) is 15.9 Å². The quantitative estimate of drug-likeness (QED) is 0.731. The maximum atomic E-state index is 12.7. The van der Waals surface area contributed by atoms with Crippen LogP contribution in [0, 0.1) is 0 Å². The van der Waals surface area contributed by atoms with Crippen LogP contribution >= 0.6 is 0 Å². The van der Waals surface area contributed by atoms with Crippen LogP contribution in [0.1, 0.15) is 12.5 Å². The van der Waals surface area contributed by atoms with Gasteiger partial charge in [-0.2, -0.15) is 13.2 Å². The second-order valence-corrected chi connectivity index (χ2v) is 8.54. The average molecular weight is 456 g/mol. The molecule has 0 aromatic heterocycles. The minimum atomic E-state index is -4.98. The maximum absolute atomic E-state index is 12.7. The van der Waals surface area contributed by atoms with Crippen molar-refractivity contribution in [2.24, 2.45) is 4.40 Å². The standard InChI is InChI=1S/C19H19F3N4O4S/c1-2-25(18(28)19(20,21)22)12-13-5-3-6-14(11-13)23-17(27)15-7-4-8-26-9-10-31(29,30)24-16(15)26/h3-8,11H,2,9-10,12H2,1H3,(H,23,27). The summed E-state index contributed by atoms with van der Waals surface area (Å²) in [5.74, 6) is -2.72. The van der Waals surface area contributed by atoms with Gasteiger partial charge in [0.15, 0.2) is 5.84 Å². The van der Waals surface area contributed by atoms with Gasteiger partial charge in [-0.25, -0.2) is 8.42 Å². The fourth-order valence-corrected chi connectivity index (χ4v) is 4.05. The van der Waals surface area contributed by atoms with E-state index in [2.05, 4.69) is 9.71 Å². The zero-order chi connectivity index (χ0) is 22.8. The second-order valence-electron chi connectivity index (χ2n) is 6.79. The number of benzene rings is 1. The topological polar surface area (TPSA) is 99.2 Å². The number of hydrogen-bond acceptors (Lipinski definition) is 5. The lowest BCUT2D eigenvalue weighted by Gasteiger charge is -2.28. The van der Waals surface area contributed by atoms with Gasteiger partial charge in [0, 0.05) is 31.5 Å². The van der Waals surface area contributed by atoms with Gasteiger partial charge in [0.2, 0.25) is 0 Å². The molecular weight excluding hydrogens is 437 g/mol. The zero-order valence-corrected chi connectivity index (χ0v) is 17.2. The number of amidine groups is 1. The summed E-state index contributed by atoms with van der Waals surface area (Å²) in [6, 6.07) is 6.03. The number of hydrogen-bond donors (Lipinski definition) is 1. The van der Waals surface area contributed by atoms with E-state index in [-0.39, 0.29) is 42.5 Å². The number of anilines is 1. The lowest BCUT2D eigenvalue weighted by molar-refractivity contribution is -0.185. The Labute approximate surface area is 176 Å². The molecular formula is C19H19F3N4O4S. The predicted molar refractivity (Wildman–Crippen MR) is 107 cm³/mol. The number of fused-ring (bicyclic) bond motifs is 1. The van der Waals surface area contributed by atoms with Crippen molar-refractivity contribution in [3.05, 3.63) is 53.8 Å². The first-order chi connectivity index (χ1) is 14.5. The Morgan fingerprint density at radius 3 is 2.71 bits per heavy atom. The van der Waals surface area contributed by atoms with Crippen LogP contribution in [0.15, 0.2) is 52.6 Å². The Morgan fingerprint density at radius 1 is 1.29 bits per heavy atom. The SMILES string of the molecule is CCN(Cc1cccc(NC(=O)C2=CC=CN3CCS(=O)(=O)N=C23)c1)C(=O)C(F)(F)F. The number of halogens is 3. The number of nitrogens with one attached hydrogen (secondary N) is 1. The van der Waals surface area contributed by atoms with E-state index < -0.39 is 28.0 Å². The Morgan fingerprint density at radius 2 is 2.03 bits per heavy atom. The van der Waals surface area contributed by atoms with Crippen molar-refractivity contribution in [2.45, 2.75) is 19.6 Å². The summed E-state index contributed by atoms with van der Waals surface area (Å²) < 4.78 is 65.5. The number of sulfonamides is 1. The van der Waals surface area contributed by atoms with E-state index in [9.17, 15) is 31.2 Å². The molecule has 31 heavy (non-hydrogen) atoms. The first-order valence-electron chi connectivity index (χ1n) is 9.24. The molecule has 0 aliphatic carbocycles. The predicted octanol–water partition coefficient (Wildman–Crippen LogP) is 2.03. The van der Waals surface area contributed by atoms with E-state index in [1.165, 1.54) is 37.3 Å². The molecule has 2 aliphatic heterocycles. The zero-order valence-electron chi connectivity index (χ0n) is 16.4. The minimum Gasteiger partial charge on any atom is -0.331 e. The summed E-state index contributed by atoms with van der Waals surface area (Å²) >= 11 is 0. The van der Waals surface area contributed by atoms with Crippen molar-refractivity contribution in [1.82, 2.24) is 9.80 Å². The molecule has 166 valence electrons.